The van der Waals surface area contributed by atoms with E-state index < -0.39 is 0 Å². The van der Waals surface area contributed by atoms with Gasteiger partial charge in [0, 0.05) is 5.69 Å². The van der Waals surface area contributed by atoms with Crippen molar-refractivity contribution in [3.8, 4) is 0 Å². The highest BCUT2D eigenvalue weighted by atomic mass is 32.2. The summed E-state index contributed by atoms with van der Waals surface area (Å²) >= 11 is 3.10. The number of benzene rings is 2. The lowest BCUT2D eigenvalue weighted by molar-refractivity contribution is -0.113. The van der Waals surface area contributed by atoms with Gasteiger partial charge >= 0.3 is 0 Å². The second kappa shape index (κ2) is 6.28. The van der Waals surface area contributed by atoms with Crippen LogP contribution in [-0.4, -0.2) is 16.6 Å². The summed E-state index contributed by atoms with van der Waals surface area (Å²) in [4.78, 5) is 16.5. The van der Waals surface area contributed by atoms with E-state index in [9.17, 15) is 4.79 Å². The molecule has 1 amide bonds. The van der Waals surface area contributed by atoms with Crippen molar-refractivity contribution in [1.29, 1.82) is 0 Å². The van der Waals surface area contributed by atoms with Crippen LogP contribution in [0.4, 0.5) is 5.69 Å². The predicted octanol–water partition coefficient (Wildman–Crippen LogP) is 4.34. The Kier molecular flexibility index (Phi) is 4.22. The van der Waals surface area contributed by atoms with Crippen molar-refractivity contribution < 1.29 is 4.79 Å². The van der Waals surface area contributed by atoms with Gasteiger partial charge in [-0.1, -0.05) is 42.1 Å². The minimum absolute atomic E-state index is 0.00597. The topological polar surface area (TPSA) is 42.0 Å². The van der Waals surface area contributed by atoms with Crippen LogP contribution in [-0.2, 0) is 4.79 Å². The van der Waals surface area contributed by atoms with E-state index in [4.69, 9.17) is 0 Å². The number of aryl methyl sites for hydroxylation is 1. The maximum absolute atomic E-state index is 12.0. The normalized spacial score (nSPS) is 10.7. The van der Waals surface area contributed by atoms with Gasteiger partial charge in [0.2, 0.25) is 5.91 Å². The molecule has 3 rings (SSSR count). The van der Waals surface area contributed by atoms with E-state index in [0.29, 0.717) is 5.75 Å². The van der Waals surface area contributed by atoms with Crippen molar-refractivity contribution >= 4 is 44.9 Å². The number of hydrogen-bond acceptors (Lipinski definition) is 4. The molecule has 2 aromatic carbocycles. The van der Waals surface area contributed by atoms with Crippen LogP contribution in [0.5, 0.6) is 0 Å². The molecule has 0 aliphatic rings. The molecule has 0 spiro atoms. The number of hydrogen-bond donors (Lipinski definition) is 1. The van der Waals surface area contributed by atoms with E-state index in [1.54, 1.807) is 11.3 Å². The maximum atomic E-state index is 12.0. The van der Waals surface area contributed by atoms with E-state index in [0.717, 1.165) is 25.8 Å². The molecule has 0 aliphatic carbocycles. The summed E-state index contributed by atoms with van der Waals surface area (Å²) in [6.45, 7) is 1.98. The standard InChI is InChI=1S/C16H14N2OS2/c1-11-6-2-3-7-12(11)17-15(19)10-20-16-18-13-8-4-5-9-14(13)21-16/h2-9H,10H2,1H3,(H,17,19). The molecule has 0 atom stereocenters. The third kappa shape index (κ3) is 3.43. The fraction of sp³-hybridized carbons (Fsp3) is 0.125. The van der Waals surface area contributed by atoms with Crippen LogP contribution in [0.2, 0.25) is 0 Å². The number of thioether (sulfide) groups is 1. The number of fused-ring (bicyclic) bond motifs is 1. The molecule has 1 N–H and O–H groups in total. The molecule has 0 fully saturated rings. The van der Waals surface area contributed by atoms with Crippen molar-refractivity contribution in [2.45, 2.75) is 11.3 Å². The highest BCUT2D eigenvalue weighted by molar-refractivity contribution is 8.01. The Morgan fingerprint density at radius 1 is 1.19 bits per heavy atom. The second-order valence-corrected chi connectivity index (χ2v) is 6.85. The summed E-state index contributed by atoms with van der Waals surface area (Å²) in [7, 11) is 0. The maximum Gasteiger partial charge on any atom is 0.234 e. The fourth-order valence-corrected chi connectivity index (χ4v) is 3.81. The first-order valence-corrected chi connectivity index (χ1v) is 8.36. The molecule has 106 valence electrons. The van der Waals surface area contributed by atoms with Crippen LogP contribution < -0.4 is 5.32 Å². The van der Waals surface area contributed by atoms with Crippen molar-refractivity contribution in [3.63, 3.8) is 0 Å². The summed E-state index contributed by atoms with van der Waals surface area (Å²) in [6, 6.07) is 15.8. The summed E-state index contributed by atoms with van der Waals surface area (Å²) in [5.41, 5.74) is 2.92. The summed E-state index contributed by atoms with van der Waals surface area (Å²) in [5.74, 6) is 0.363. The molecule has 3 nitrogen and oxygen atoms in total. The van der Waals surface area contributed by atoms with Gasteiger partial charge in [0.1, 0.15) is 0 Å². The van der Waals surface area contributed by atoms with Gasteiger partial charge in [-0.25, -0.2) is 4.98 Å². The van der Waals surface area contributed by atoms with Crippen molar-refractivity contribution in [3.05, 3.63) is 54.1 Å². The van der Waals surface area contributed by atoms with Gasteiger partial charge in [-0.2, -0.15) is 0 Å². The van der Waals surface area contributed by atoms with Gasteiger partial charge in [0.25, 0.3) is 0 Å². The van der Waals surface area contributed by atoms with E-state index >= 15 is 0 Å². The number of nitrogens with one attached hydrogen (secondary N) is 1. The Morgan fingerprint density at radius 3 is 2.76 bits per heavy atom. The first-order chi connectivity index (χ1) is 10.2. The van der Waals surface area contributed by atoms with E-state index in [1.807, 2.05) is 55.5 Å². The molecule has 0 saturated heterocycles. The van der Waals surface area contributed by atoms with Gasteiger partial charge in [0.05, 0.1) is 16.0 Å². The zero-order chi connectivity index (χ0) is 14.7. The summed E-state index contributed by atoms with van der Waals surface area (Å²) in [6.07, 6.45) is 0. The molecular weight excluding hydrogens is 300 g/mol. The molecule has 3 aromatic rings. The number of rotatable bonds is 4. The highest BCUT2D eigenvalue weighted by Gasteiger charge is 2.08. The number of anilines is 1. The number of carbonyl (C=O) groups is 1. The Bertz CT molecular complexity index is 750. The van der Waals surface area contributed by atoms with E-state index in [2.05, 4.69) is 10.3 Å². The van der Waals surface area contributed by atoms with Gasteiger partial charge < -0.3 is 5.32 Å². The molecule has 0 aliphatic heterocycles. The zero-order valence-corrected chi connectivity index (χ0v) is 13.1. The molecule has 0 saturated carbocycles. The third-order valence-corrected chi connectivity index (χ3v) is 5.20. The lowest BCUT2D eigenvalue weighted by Gasteiger charge is -2.06. The highest BCUT2D eigenvalue weighted by Crippen LogP contribution is 2.29. The van der Waals surface area contributed by atoms with Gasteiger partial charge in [-0.05, 0) is 30.7 Å². The molecule has 1 aromatic heterocycles. The smallest absolute Gasteiger partial charge is 0.234 e. The van der Waals surface area contributed by atoms with Crippen LogP contribution in [0.15, 0.2) is 52.9 Å². The largest absolute Gasteiger partial charge is 0.325 e. The third-order valence-electron chi connectivity index (χ3n) is 3.02. The van der Waals surface area contributed by atoms with Gasteiger partial charge in [-0.15, -0.1) is 11.3 Å². The van der Waals surface area contributed by atoms with E-state index in [-0.39, 0.29) is 5.91 Å². The van der Waals surface area contributed by atoms with Crippen molar-refractivity contribution in [2.24, 2.45) is 0 Å². The van der Waals surface area contributed by atoms with Gasteiger partial charge in [0.15, 0.2) is 4.34 Å². The summed E-state index contributed by atoms with van der Waals surface area (Å²) < 4.78 is 2.08. The average molecular weight is 314 g/mol. The molecule has 0 radical (unpaired) electrons. The Balaban J connectivity index is 1.62. The average Bonchev–Trinajstić information content (AvgIpc) is 2.90. The molecule has 1 heterocycles. The molecule has 0 bridgehead atoms. The molecule has 5 heteroatoms. The monoisotopic (exact) mass is 314 g/mol. The fourth-order valence-electron chi connectivity index (χ4n) is 1.94. The quantitative estimate of drug-likeness (QED) is 0.729. The minimum atomic E-state index is -0.00597. The van der Waals surface area contributed by atoms with Crippen LogP contribution in [0, 0.1) is 6.92 Å². The van der Waals surface area contributed by atoms with Crippen LogP contribution in [0.3, 0.4) is 0 Å². The number of nitrogens with zero attached hydrogens (tertiary/aromatic N) is 1. The van der Waals surface area contributed by atoms with Crippen LogP contribution in [0.1, 0.15) is 5.56 Å². The molecule has 0 unspecified atom stereocenters. The lowest BCUT2D eigenvalue weighted by Crippen LogP contribution is -2.14. The second-order valence-electron chi connectivity index (χ2n) is 4.60. The number of aromatic nitrogens is 1. The predicted molar refractivity (Wildman–Crippen MR) is 90.2 cm³/mol. The van der Waals surface area contributed by atoms with Crippen LogP contribution >= 0.6 is 23.1 Å². The van der Waals surface area contributed by atoms with Crippen molar-refractivity contribution in [1.82, 2.24) is 4.98 Å². The number of carbonyl (C=O) groups excluding carboxylic acids is 1. The van der Waals surface area contributed by atoms with Crippen molar-refractivity contribution in [2.75, 3.05) is 11.1 Å². The van der Waals surface area contributed by atoms with E-state index in [1.165, 1.54) is 11.8 Å². The molecule has 21 heavy (non-hydrogen) atoms. The SMILES string of the molecule is Cc1ccccc1NC(=O)CSc1nc2ccccc2s1. The first-order valence-electron chi connectivity index (χ1n) is 6.56. The van der Waals surface area contributed by atoms with Crippen LogP contribution in [0.25, 0.3) is 10.2 Å². The zero-order valence-electron chi connectivity index (χ0n) is 11.5. The minimum Gasteiger partial charge on any atom is -0.325 e. The number of thiazole rings is 1. The Morgan fingerprint density at radius 2 is 1.95 bits per heavy atom. The Labute approximate surface area is 131 Å². The number of amides is 1. The first kappa shape index (κ1) is 14.1. The van der Waals surface area contributed by atoms with Gasteiger partial charge in [-0.3, -0.25) is 4.79 Å². The molecular formula is C16H14N2OS2. The Hall–Kier alpha value is -1.85. The lowest BCUT2D eigenvalue weighted by atomic mass is 10.2. The summed E-state index contributed by atoms with van der Waals surface area (Å²) in [5, 5.41) is 2.93. The number of para-hydroxylation sites is 2.